The van der Waals surface area contributed by atoms with E-state index < -0.39 is 0 Å². The van der Waals surface area contributed by atoms with Gasteiger partial charge in [-0.1, -0.05) is 313 Å². The second-order valence-corrected chi connectivity index (χ2v) is 35.8. The summed E-state index contributed by atoms with van der Waals surface area (Å²) in [5.41, 5.74) is 34.2. The standard InChI is InChI=1S/C28H44N2O.C27H42N2O2.C25H40N2O.C24H38N2O/c1-23(29)27-17-12-22-30(27)28(31)26-20-18-25(19-21-26)16-9-6-4-2-3-5-8-13-24-14-10-7-11-15-24;1-22(28)26-14-10-19-29(26)27(30)25-17-15-23(16-18-25)11-6-3-2-4-9-20-31-21-24-12-7-5-8-13-24;1-3-4-5-6-7-8-9-10-11-12-14-22-16-18-23(19-17-22)25(28)27-20-13-15-24(27)21(2)26;1-3-4-5-6-7-8-9-10-11-13-21-15-17-22(18-16-21)24(27)26-19-12-14-23(26)20(2)25/h18-21,24,27H,1-17,22,29H2;15-18,24,26H,1-14,19-21,28H2;16-19,24H,2-15,20,26H2,1H3;15-18,23H,2-14,19,25H2,1H3/t27-;26-;24-;23-/m0000/s1. The average Bonchev–Trinajstić information content (AvgIpc) is 1.77. The molecule has 6 fully saturated rings. The number of carbonyl (C=O) groups is 4. The molecule has 0 aromatic heterocycles. The van der Waals surface area contributed by atoms with Crippen LogP contribution in [0, 0.1) is 11.8 Å². The van der Waals surface area contributed by atoms with Crippen molar-refractivity contribution in [2.75, 3.05) is 39.4 Å². The van der Waals surface area contributed by atoms with Gasteiger partial charge >= 0.3 is 0 Å². The molecule has 2 aliphatic carbocycles. The molecule has 4 atom stereocenters. The summed E-state index contributed by atoms with van der Waals surface area (Å²) in [5, 5.41) is 0. The number of amides is 4. The lowest BCUT2D eigenvalue weighted by molar-refractivity contribution is 0.0747. The van der Waals surface area contributed by atoms with Crippen molar-refractivity contribution in [3.05, 3.63) is 191 Å². The third-order valence-corrected chi connectivity index (χ3v) is 26.1. The first-order chi connectivity index (χ1) is 57.1. The maximum Gasteiger partial charge on any atom is 0.254 e. The molecule has 0 radical (unpaired) electrons. The van der Waals surface area contributed by atoms with Gasteiger partial charge in [0, 0.05) is 84.4 Å². The highest BCUT2D eigenvalue weighted by Crippen LogP contribution is 2.32. The number of hydrogen-bond acceptors (Lipinski definition) is 9. The number of nitrogens with zero attached hydrogens (tertiary/aromatic N) is 4. The smallest absolute Gasteiger partial charge is 0.254 e. The molecule has 4 amide bonds. The van der Waals surface area contributed by atoms with Gasteiger partial charge in [0.1, 0.15) is 0 Å². The van der Waals surface area contributed by atoms with Gasteiger partial charge in [0.15, 0.2) is 0 Å². The molecule has 4 aromatic rings. The number of nitrogens with two attached hydrogens (primary N) is 4. The van der Waals surface area contributed by atoms with Gasteiger partial charge in [-0.15, -0.1) is 0 Å². The van der Waals surface area contributed by atoms with Crippen LogP contribution in [0.25, 0.3) is 0 Å². The lowest BCUT2D eigenvalue weighted by Gasteiger charge is -2.24. The minimum absolute atomic E-state index is 0.000522. The summed E-state index contributed by atoms with van der Waals surface area (Å²) in [5.74, 6) is 2.20. The predicted octanol–water partition coefficient (Wildman–Crippen LogP) is 24.9. The summed E-state index contributed by atoms with van der Waals surface area (Å²) in [4.78, 5) is 58.6. The van der Waals surface area contributed by atoms with Crippen LogP contribution in [0.4, 0.5) is 0 Å². The first-order valence-corrected chi connectivity index (χ1v) is 48.0. The Morgan fingerprint density at radius 3 is 0.778 bits per heavy atom. The van der Waals surface area contributed by atoms with Gasteiger partial charge in [0.05, 0.1) is 24.2 Å². The van der Waals surface area contributed by atoms with Gasteiger partial charge in [-0.3, -0.25) is 19.2 Å². The van der Waals surface area contributed by atoms with Crippen LogP contribution >= 0.6 is 0 Å². The highest BCUT2D eigenvalue weighted by Gasteiger charge is 2.34. The first kappa shape index (κ1) is 97.0. The fourth-order valence-corrected chi connectivity index (χ4v) is 18.7. The number of hydrogen-bond donors (Lipinski definition) is 4. The van der Waals surface area contributed by atoms with Gasteiger partial charge in [-0.05, 0) is 205 Å². The van der Waals surface area contributed by atoms with E-state index in [9.17, 15) is 19.2 Å². The van der Waals surface area contributed by atoms with Crippen LogP contribution in [0.2, 0.25) is 0 Å². The Kier molecular flexibility index (Phi) is 48.0. The van der Waals surface area contributed by atoms with Gasteiger partial charge in [-0.2, -0.15) is 0 Å². The van der Waals surface area contributed by atoms with E-state index in [0.29, 0.717) is 22.8 Å². The molecule has 4 aromatic carbocycles. The van der Waals surface area contributed by atoms with Crippen LogP contribution in [0.5, 0.6) is 0 Å². The summed E-state index contributed by atoms with van der Waals surface area (Å²) in [6.45, 7) is 24.9. The maximum atomic E-state index is 12.8. The van der Waals surface area contributed by atoms with E-state index in [4.69, 9.17) is 27.7 Å². The molecule has 8 N–H and O–H groups in total. The summed E-state index contributed by atoms with van der Waals surface area (Å²) in [7, 11) is 0. The summed E-state index contributed by atoms with van der Waals surface area (Å²) >= 11 is 0. The summed E-state index contributed by atoms with van der Waals surface area (Å²) in [6.07, 6.45) is 69.6. The molecule has 13 nitrogen and oxygen atoms in total. The molecule has 13 heteroatoms. The van der Waals surface area contributed by atoms with E-state index in [2.05, 4.69) is 88.7 Å². The zero-order valence-corrected chi connectivity index (χ0v) is 74.1. The van der Waals surface area contributed by atoms with Crippen molar-refractivity contribution < 1.29 is 23.9 Å². The molecule has 0 bridgehead atoms. The molecule has 117 heavy (non-hydrogen) atoms. The Morgan fingerprint density at radius 2 is 0.521 bits per heavy atom. The van der Waals surface area contributed by atoms with Gasteiger partial charge < -0.3 is 47.3 Å². The highest BCUT2D eigenvalue weighted by atomic mass is 16.5. The minimum Gasteiger partial charge on any atom is -0.401 e. The molecule has 2 saturated carbocycles. The number of ether oxygens (including phenoxy) is 1. The lowest BCUT2D eigenvalue weighted by atomic mass is 9.85. The van der Waals surface area contributed by atoms with Gasteiger partial charge in [-0.25, -0.2) is 0 Å². The number of rotatable bonds is 49. The van der Waals surface area contributed by atoms with Crippen LogP contribution in [0.1, 0.15) is 399 Å². The topological polar surface area (TPSA) is 195 Å². The summed E-state index contributed by atoms with van der Waals surface area (Å²) in [6, 6.07) is 32.7. The number of carbonyl (C=O) groups excluding carboxylic acids is 4. The maximum absolute atomic E-state index is 12.8. The average molecular weight is 1610 g/mol. The molecular weight excluding hydrogens is 1440 g/mol. The number of aryl methyl sites for hydroxylation is 4. The molecule has 4 aliphatic heterocycles. The number of benzene rings is 4. The van der Waals surface area contributed by atoms with E-state index in [1.54, 1.807) is 0 Å². The van der Waals surface area contributed by atoms with Crippen molar-refractivity contribution in [2.24, 2.45) is 34.8 Å². The molecule has 0 unspecified atom stereocenters. The molecule has 10 rings (SSSR count). The Labute approximate surface area is 712 Å². The predicted molar refractivity (Wildman–Crippen MR) is 493 cm³/mol. The fraction of sp³-hybridized carbons (Fsp3) is 0.654. The first-order valence-electron chi connectivity index (χ1n) is 48.0. The van der Waals surface area contributed by atoms with Crippen molar-refractivity contribution in [3.63, 3.8) is 0 Å². The Hall–Kier alpha value is -7.12. The Morgan fingerprint density at radius 1 is 0.291 bits per heavy atom. The van der Waals surface area contributed by atoms with Crippen LogP contribution < -0.4 is 22.9 Å². The second kappa shape index (κ2) is 57.9. The van der Waals surface area contributed by atoms with Gasteiger partial charge in [0.2, 0.25) is 0 Å². The van der Waals surface area contributed by atoms with Crippen LogP contribution in [0.15, 0.2) is 146 Å². The molecule has 4 saturated heterocycles. The van der Waals surface area contributed by atoms with Crippen LogP contribution in [0.3, 0.4) is 0 Å². The minimum atomic E-state index is -0.00941. The zero-order chi connectivity index (χ0) is 83.5. The summed E-state index contributed by atoms with van der Waals surface area (Å²) < 4.78 is 5.89. The van der Waals surface area contributed by atoms with Crippen molar-refractivity contribution in [1.82, 2.24) is 19.6 Å². The monoisotopic (exact) mass is 1610 g/mol. The number of likely N-dealkylation sites (tertiary alicyclic amines) is 4. The van der Waals surface area contributed by atoms with Crippen LogP contribution in [-0.4, -0.2) is 107 Å². The van der Waals surface area contributed by atoms with Crippen molar-refractivity contribution in [3.8, 4) is 0 Å². The van der Waals surface area contributed by atoms with E-state index in [1.807, 2.05) is 68.1 Å². The lowest BCUT2D eigenvalue weighted by Crippen LogP contribution is -2.38. The largest absolute Gasteiger partial charge is 0.401 e. The van der Waals surface area contributed by atoms with E-state index >= 15 is 0 Å². The zero-order valence-electron chi connectivity index (χ0n) is 74.1. The van der Waals surface area contributed by atoms with E-state index in [1.165, 1.54) is 292 Å². The molecule has 0 spiro atoms. The fourth-order valence-electron chi connectivity index (χ4n) is 18.7. The van der Waals surface area contributed by atoms with Crippen molar-refractivity contribution in [2.45, 2.75) is 385 Å². The van der Waals surface area contributed by atoms with Crippen molar-refractivity contribution in [1.29, 1.82) is 0 Å². The highest BCUT2D eigenvalue weighted by molar-refractivity contribution is 5.96. The van der Waals surface area contributed by atoms with Gasteiger partial charge in [0.25, 0.3) is 23.6 Å². The third kappa shape index (κ3) is 36.8. The molecular formula is C104H164N8O5. The van der Waals surface area contributed by atoms with Crippen LogP contribution in [-0.2, 0) is 30.4 Å². The Bertz CT molecular complexity index is 3310. The molecule has 4 heterocycles. The SMILES string of the molecule is C=C(N)[C@@H]1CCCN1C(=O)c1ccc(CCCCCCCCCC2CCCCC2)cc1.C=C(N)[C@@H]1CCCN1C(=O)c1ccc(CCCCCCCCCCC)cc1.C=C(N)[C@@H]1CCCN1C(=O)c1ccc(CCCCCCCCCCCC)cc1.C=C(N)[C@@H]1CCCN1C(=O)c1ccc(CCCCCCCOCC2CCCCC2)cc1. The van der Waals surface area contributed by atoms with E-state index in [0.717, 1.165) is 151 Å². The van der Waals surface area contributed by atoms with Crippen molar-refractivity contribution >= 4 is 23.6 Å². The molecule has 650 valence electrons. The second-order valence-electron chi connectivity index (χ2n) is 35.8. The van der Waals surface area contributed by atoms with E-state index in [-0.39, 0.29) is 47.8 Å². The quantitative estimate of drug-likeness (QED) is 0.0311. The number of unbranched alkanes of at least 4 members (excludes halogenated alkanes) is 27. The molecule has 6 aliphatic rings. The third-order valence-electron chi connectivity index (χ3n) is 26.1. The normalized spacial score (nSPS) is 18.2. The Balaban J connectivity index is 0.000000216.